The summed E-state index contributed by atoms with van der Waals surface area (Å²) in [6, 6.07) is 8.24. The average molecular weight is 252 g/mol. The van der Waals surface area contributed by atoms with Gasteiger partial charge in [0.1, 0.15) is 0 Å². The molecule has 0 amide bonds. The van der Waals surface area contributed by atoms with Gasteiger partial charge in [-0.2, -0.15) is 0 Å². The summed E-state index contributed by atoms with van der Waals surface area (Å²) in [5, 5.41) is 0. The van der Waals surface area contributed by atoms with Crippen molar-refractivity contribution in [2.75, 3.05) is 0 Å². The van der Waals surface area contributed by atoms with Crippen molar-refractivity contribution in [1.82, 2.24) is 4.98 Å². The summed E-state index contributed by atoms with van der Waals surface area (Å²) < 4.78 is 18.9. The lowest BCUT2D eigenvalue weighted by Crippen LogP contribution is -1.95. The molecule has 0 aliphatic carbocycles. The Hall–Kier alpha value is -1.61. The largest absolute Gasteiger partial charge is 0.436 e. The molecule has 0 atom stereocenters. The van der Waals surface area contributed by atoms with Crippen molar-refractivity contribution in [3.05, 3.63) is 53.5 Å². The van der Waals surface area contributed by atoms with Gasteiger partial charge >= 0.3 is 0 Å². The monoisotopic (exact) mass is 251 g/mol. The van der Waals surface area contributed by atoms with E-state index in [1.165, 1.54) is 6.07 Å². The molecular weight excluding hydrogens is 241 g/mol. The zero-order chi connectivity index (χ0) is 12.3. The lowest BCUT2D eigenvalue weighted by molar-refractivity contribution is 0.423. The van der Waals surface area contributed by atoms with E-state index in [2.05, 4.69) is 4.98 Å². The summed E-state index contributed by atoms with van der Waals surface area (Å²) in [6.45, 7) is 1.87. The Morgan fingerprint density at radius 3 is 2.94 bits per heavy atom. The zero-order valence-electron chi connectivity index (χ0n) is 9.28. The molecule has 1 heterocycles. The first-order valence-corrected chi connectivity index (χ1v) is 5.68. The molecular formula is C13H11ClFNO. The van der Waals surface area contributed by atoms with Crippen molar-refractivity contribution in [3.8, 4) is 11.6 Å². The first kappa shape index (κ1) is 11.9. The molecule has 0 N–H and O–H groups in total. The fraction of sp³-hybridized carbons (Fsp3) is 0.154. The van der Waals surface area contributed by atoms with Gasteiger partial charge < -0.3 is 4.74 Å². The van der Waals surface area contributed by atoms with E-state index in [4.69, 9.17) is 16.3 Å². The molecule has 0 aliphatic rings. The number of nitrogens with zero attached hydrogens (tertiary/aromatic N) is 1. The number of alkyl halides is 1. The molecule has 1 aromatic heterocycles. The summed E-state index contributed by atoms with van der Waals surface area (Å²) in [6.07, 6.45) is 1.58. The van der Waals surface area contributed by atoms with Crippen LogP contribution in [0.1, 0.15) is 11.1 Å². The van der Waals surface area contributed by atoms with E-state index >= 15 is 0 Å². The minimum Gasteiger partial charge on any atom is -0.436 e. The van der Waals surface area contributed by atoms with E-state index in [1.807, 2.05) is 6.92 Å². The molecule has 88 valence electrons. The molecule has 2 rings (SSSR count). The second-order valence-electron chi connectivity index (χ2n) is 3.64. The second kappa shape index (κ2) is 5.15. The summed E-state index contributed by atoms with van der Waals surface area (Å²) in [7, 11) is 0. The van der Waals surface area contributed by atoms with Crippen LogP contribution in [0.2, 0.25) is 0 Å². The normalized spacial score (nSPS) is 10.3. The molecule has 17 heavy (non-hydrogen) atoms. The molecule has 0 bridgehead atoms. The maximum Gasteiger partial charge on any atom is 0.223 e. The lowest BCUT2D eigenvalue weighted by atomic mass is 10.2. The van der Waals surface area contributed by atoms with Crippen LogP contribution in [0.25, 0.3) is 0 Å². The highest BCUT2D eigenvalue weighted by atomic mass is 35.5. The number of aromatic nitrogens is 1. The first-order chi connectivity index (χ1) is 8.20. The Labute approximate surface area is 104 Å². The van der Waals surface area contributed by atoms with Crippen LogP contribution in [-0.2, 0) is 5.88 Å². The lowest BCUT2D eigenvalue weighted by Gasteiger charge is -2.09. The van der Waals surface area contributed by atoms with Gasteiger partial charge in [0, 0.05) is 11.8 Å². The predicted molar refractivity (Wildman–Crippen MR) is 65.0 cm³/mol. The fourth-order valence-electron chi connectivity index (χ4n) is 1.41. The topological polar surface area (TPSA) is 22.1 Å². The predicted octanol–water partition coefficient (Wildman–Crippen LogP) is 4.06. The molecule has 4 heteroatoms. The Kier molecular flexibility index (Phi) is 3.59. The van der Waals surface area contributed by atoms with Gasteiger partial charge in [0.15, 0.2) is 11.6 Å². The zero-order valence-corrected chi connectivity index (χ0v) is 10.0. The minimum atomic E-state index is -0.415. The molecule has 0 unspecified atom stereocenters. The fourth-order valence-corrected chi connectivity index (χ4v) is 1.61. The molecule has 2 aromatic rings. The van der Waals surface area contributed by atoms with Gasteiger partial charge in [0.25, 0.3) is 0 Å². The van der Waals surface area contributed by atoms with Gasteiger partial charge in [0.05, 0.1) is 5.88 Å². The van der Waals surface area contributed by atoms with Crippen molar-refractivity contribution in [2.24, 2.45) is 0 Å². The second-order valence-corrected chi connectivity index (χ2v) is 3.90. The Balaban J connectivity index is 2.34. The number of rotatable bonds is 3. The summed E-state index contributed by atoms with van der Waals surface area (Å²) in [4.78, 5) is 4.04. The van der Waals surface area contributed by atoms with E-state index < -0.39 is 5.82 Å². The third-order valence-electron chi connectivity index (χ3n) is 2.29. The molecule has 0 aliphatic heterocycles. The molecule has 0 saturated heterocycles. The van der Waals surface area contributed by atoms with Crippen LogP contribution in [0.3, 0.4) is 0 Å². The number of aryl methyl sites for hydroxylation is 1. The van der Waals surface area contributed by atoms with Crippen molar-refractivity contribution in [2.45, 2.75) is 12.8 Å². The number of hydrogen-bond acceptors (Lipinski definition) is 2. The van der Waals surface area contributed by atoms with Crippen LogP contribution in [0, 0.1) is 12.7 Å². The van der Waals surface area contributed by atoms with Gasteiger partial charge in [-0.05, 0) is 30.7 Å². The maximum atomic E-state index is 13.5. The highest BCUT2D eigenvalue weighted by Gasteiger charge is 2.09. The van der Waals surface area contributed by atoms with Crippen molar-refractivity contribution in [3.63, 3.8) is 0 Å². The van der Waals surface area contributed by atoms with Gasteiger partial charge in [-0.1, -0.05) is 12.1 Å². The molecule has 0 saturated carbocycles. The van der Waals surface area contributed by atoms with Crippen molar-refractivity contribution >= 4 is 11.6 Å². The Bertz CT molecular complexity index is 531. The third-order valence-corrected chi connectivity index (χ3v) is 2.58. The molecule has 0 spiro atoms. The van der Waals surface area contributed by atoms with Crippen LogP contribution in [-0.4, -0.2) is 4.98 Å². The van der Waals surface area contributed by atoms with Gasteiger partial charge in [-0.25, -0.2) is 9.37 Å². The molecule has 2 nitrogen and oxygen atoms in total. The first-order valence-electron chi connectivity index (χ1n) is 5.14. The number of ether oxygens (including phenoxy) is 1. The van der Waals surface area contributed by atoms with E-state index in [-0.39, 0.29) is 11.6 Å². The van der Waals surface area contributed by atoms with Gasteiger partial charge in [-0.3, -0.25) is 0 Å². The van der Waals surface area contributed by atoms with Crippen LogP contribution < -0.4 is 4.74 Å². The van der Waals surface area contributed by atoms with Gasteiger partial charge in [-0.15, -0.1) is 11.6 Å². The van der Waals surface area contributed by atoms with Crippen LogP contribution >= 0.6 is 11.6 Å². The highest BCUT2D eigenvalue weighted by Crippen LogP contribution is 2.27. The quantitative estimate of drug-likeness (QED) is 0.768. The van der Waals surface area contributed by atoms with Crippen LogP contribution in [0.4, 0.5) is 4.39 Å². The number of hydrogen-bond donors (Lipinski definition) is 0. The summed E-state index contributed by atoms with van der Waals surface area (Å²) in [5.74, 6) is 0.361. The smallest absolute Gasteiger partial charge is 0.223 e. The molecule has 1 aromatic carbocycles. The summed E-state index contributed by atoms with van der Waals surface area (Å²) in [5.41, 5.74) is 1.65. The minimum absolute atomic E-state index is 0.162. The summed E-state index contributed by atoms with van der Waals surface area (Å²) >= 11 is 5.76. The third kappa shape index (κ3) is 2.74. The SMILES string of the molecule is Cc1ccc(F)c(Oc2ncccc2CCl)c1. The standard InChI is InChI=1S/C13H11ClFNO/c1-9-4-5-11(15)12(7-9)17-13-10(8-14)3-2-6-16-13/h2-7H,8H2,1H3. The molecule has 0 radical (unpaired) electrons. The van der Waals surface area contributed by atoms with Crippen molar-refractivity contribution < 1.29 is 9.13 Å². The van der Waals surface area contributed by atoms with Crippen LogP contribution in [0.5, 0.6) is 11.6 Å². The Morgan fingerprint density at radius 1 is 1.35 bits per heavy atom. The van der Waals surface area contributed by atoms with E-state index in [0.717, 1.165) is 11.1 Å². The van der Waals surface area contributed by atoms with Gasteiger partial charge in [0.2, 0.25) is 5.88 Å². The van der Waals surface area contributed by atoms with Crippen LogP contribution in [0.15, 0.2) is 36.5 Å². The Morgan fingerprint density at radius 2 is 2.18 bits per heavy atom. The van der Waals surface area contributed by atoms with E-state index in [0.29, 0.717) is 5.88 Å². The van der Waals surface area contributed by atoms with E-state index in [1.54, 1.807) is 30.5 Å². The average Bonchev–Trinajstić information content (AvgIpc) is 2.34. The highest BCUT2D eigenvalue weighted by molar-refractivity contribution is 6.17. The van der Waals surface area contributed by atoms with Crippen molar-refractivity contribution in [1.29, 1.82) is 0 Å². The molecule has 0 fully saturated rings. The number of halogens is 2. The maximum absolute atomic E-state index is 13.5. The number of pyridine rings is 1. The number of benzene rings is 1. The van der Waals surface area contributed by atoms with E-state index in [9.17, 15) is 4.39 Å².